The van der Waals surface area contributed by atoms with Gasteiger partial charge in [0.1, 0.15) is 5.82 Å². The number of benzene rings is 1. The molecule has 2 atom stereocenters. The number of likely N-dealkylation sites (tertiary alicyclic amines) is 1. The zero-order chi connectivity index (χ0) is 17.4. The molecule has 1 N–H and O–H groups in total. The summed E-state index contributed by atoms with van der Waals surface area (Å²) < 4.78 is 14.9. The molecular formula is C19H20FN3OS. The molecule has 0 amide bonds. The fourth-order valence-corrected chi connectivity index (χ4v) is 4.18. The van der Waals surface area contributed by atoms with Crippen LogP contribution in [0, 0.1) is 11.7 Å². The first-order valence-electron chi connectivity index (χ1n) is 8.57. The van der Waals surface area contributed by atoms with E-state index < -0.39 is 0 Å². The molecule has 1 fully saturated rings. The fraction of sp³-hybridized carbons (Fsp3) is 0.368. The fourth-order valence-electron chi connectivity index (χ4n) is 3.95. The zero-order valence-electron chi connectivity index (χ0n) is 13.8. The second-order valence-corrected chi connectivity index (χ2v) is 7.27. The number of thiocarbonyl (C=S) groups is 1. The van der Waals surface area contributed by atoms with Gasteiger partial charge in [0.15, 0.2) is 5.11 Å². The molecule has 2 bridgehead atoms. The second-order valence-electron chi connectivity index (χ2n) is 6.89. The molecule has 0 radical (unpaired) electrons. The van der Waals surface area contributed by atoms with Crippen LogP contribution in [0.5, 0.6) is 0 Å². The molecule has 0 saturated carbocycles. The molecular weight excluding hydrogens is 337 g/mol. The lowest BCUT2D eigenvalue weighted by Crippen LogP contribution is -2.51. The molecule has 4 nitrogen and oxygen atoms in total. The number of nitrogens with one attached hydrogen (secondary N) is 1. The number of hydrogen-bond acceptors (Lipinski definition) is 2. The van der Waals surface area contributed by atoms with Gasteiger partial charge in [-0.1, -0.05) is 18.2 Å². The molecule has 0 unspecified atom stereocenters. The van der Waals surface area contributed by atoms with E-state index in [1.165, 1.54) is 12.1 Å². The van der Waals surface area contributed by atoms with Crippen LogP contribution in [0.15, 0.2) is 47.3 Å². The van der Waals surface area contributed by atoms with E-state index in [0.717, 1.165) is 42.4 Å². The monoisotopic (exact) mass is 357 g/mol. The SMILES string of the molecule is O=c1cccc2n1C[C@@H]1C[C@@H]2CN(C(=S)NCc2ccc(F)cc2)C1. The Morgan fingerprint density at radius 2 is 1.96 bits per heavy atom. The first kappa shape index (κ1) is 16.3. The standard InChI is InChI=1S/C19H20FN3OS/c20-16-6-4-13(5-7-16)9-21-19(25)22-10-14-8-15(12-22)17-2-1-3-18(24)23(17)11-14/h1-7,14-15H,8-12H2,(H,21,25)/t14-,15-/m1/s1. The first-order chi connectivity index (χ1) is 12.1. The Hall–Kier alpha value is -2.21. The third-order valence-electron chi connectivity index (χ3n) is 5.12. The Morgan fingerprint density at radius 3 is 2.76 bits per heavy atom. The van der Waals surface area contributed by atoms with Gasteiger partial charge in [-0.25, -0.2) is 4.39 Å². The van der Waals surface area contributed by atoms with E-state index in [1.54, 1.807) is 18.2 Å². The number of pyridine rings is 1. The number of nitrogens with zero attached hydrogens (tertiary/aromatic N) is 2. The Labute approximate surface area is 151 Å². The summed E-state index contributed by atoms with van der Waals surface area (Å²) in [5, 5.41) is 4.01. The number of rotatable bonds is 2. The van der Waals surface area contributed by atoms with Crippen molar-refractivity contribution >= 4 is 17.3 Å². The van der Waals surface area contributed by atoms with Gasteiger partial charge in [-0.3, -0.25) is 4.79 Å². The van der Waals surface area contributed by atoms with Crippen molar-refractivity contribution in [3.8, 4) is 0 Å². The zero-order valence-corrected chi connectivity index (χ0v) is 14.6. The molecule has 2 aliphatic rings. The van der Waals surface area contributed by atoms with Crippen molar-refractivity contribution in [3.05, 3.63) is 69.9 Å². The number of aromatic nitrogens is 1. The molecule has 0 aliphatic carbocycles. The lowest BCUT2D eigenvalue weighted by molar-refractivity contribution is 0.177. The van der Waals surface area contributed by atoms with Crippen LogP contribution in [0.25, 0.3) is 0 Å². The van der Waals surface area contributed by atoms with E-state index >= 15 is 0 Å². The number of piperidine rings is 1. The summed E-state index contributed by atoms with van der Waals surface area (Å²) in [6.45, 7) is 3.05. The lowest BCUT2D eigenvalue weighted by atomic mass is 9.83. The minimum atomic E-state index is -0.232. The first-order valence-corrected chi connectivity index (χ1v) is 8.98. The maximum atomic E-state index is 13.0. The highest BCUT2D eigenvalue weighted by molar-refractivity contribution is 7.80. The van der Waals surface area contributed by atoms with Crippen LogP contribution in [-0.4, -0.2) is 27.7 Å². The largest absolute Gasteiger partial charge is 0.358 e. The summed E-state index contributed by atoms with van der Waals surface area (Å²) in [5.74, 6) is 0.549. The van der Waals surface area contributed by atoms with Gasteiger partial charge >= 0.3 is 0 Å². The summed E-state index contributed by atoms with van der Waals surface area (Å²) in [6, 6.07) is 12.0. The third kappa shape index (κ3) is 3.31. The van der Waals surface area contributed by atoms with Crippen molar-refractivity contribution in [1.29, 1.82) is 0 Å². The van der Waals surface area contributed by atoms with Gasteiger partial charge in [-0.15, -0.1) is 0 Å². The summed E-state index contributed by atoms with van der Waals surface area (Å²) in [6.07, 6.45) is 1.11. The van der Waals surface area contributed by atoms with Crippen molar-refractivity contribution < 1.29 is 4.39 Å². The summed E-state index contributed by atoms with van der Waals surface area (Å²) in [5.41, 5.74) is 2.21. The van der Waals surface area contributed by atoms with Gasteiger partial charge in [0.2, 0.25) is 0 Å². The van der Waals surface area contributed by atoms with Gasteiger partial charge in [0, 0.05) is 43.9 Å². The van der Waals surface area contributed by atoms with Crippen molar-refractivity contribution in [3.63, 3.8) is 0 Å². The van der Waals surface area contributed by atoms with E-state index in [1.807, 2.05) is 10.6 Å². The molecule has 2 aromatic rings. The van der Waals surface area contributed by atoms with Gasteiger partial charge in [0.05, 0.1) is 0 Å². The average Bonchev–Trinajstić information content (AvgIpc) is 2.62. The molecule has 0 spiro atoms. The highest BCUT2D eigenvalue weighted by atomic mass is 32.1. The number of fused-ring (bicyclic) bond motifs is 4. The quantitative estimate of drug-likeness (QED) is 0.838. The van der Waals surface area contributed by atoms with E-state index in [-0.39, 0.29) is 11.4 Å². The third-order valence-corrected chi connectivity index (χ3v) is 5.53. The molecule has 25 heavy (non-hydrogen) atoms. The van der Waals surface area contributed by atoms with Crippen molar-refractivity contribution in [2.45, 2.75) is 25.4 Å². The smallest absolute Gasteiger partial charge is 0.250 e. The van der Waals surface area contributed by atoms with Crippen molar-refractivity contribution in [2.24, 2.45) is 5.92 Å². The van der Waals surface area contributed by atoms with Gasteiger partial charge in [-0.2, -0.15) is 0 Å². The van der Waals surface area contributed by atoms with Crippen LogP contribution in [0.2, 0.25) is 0 Å². The predicted octanol–water partition coefficient (Wildman–Crippen LogP) is 2.48. The Bertz CT molecular complexity index is 848. The van der Waals surface area contributed by atoms with E-state index in [4.69, 9.17) is 12.2 Å². The Kier molecular flexibility index (Phi) is 4.29. The topological polar surface area (TPSA) is 37.3 Å². The predicted molar refractivity (Wildman–Crippen MR) is 99.0 cm³/mol. The van der Waals surface area contributed by atoms with Crippen LogP contribution in [0.1, 0.15) is 23.6 Å². The average molecular weight is 357 g/mol. The minimum Gasteiger partial charge on any atom is -0.358 e. The molecule has 1 aromatic heterocycles. The van der Waals surface area contributed by atoms with E-state index in [9.17, 15) is 9.18 Å². The molecule has 130 valence electrons. The minimum absolute atomic E-state index is 0.0951. The molecule has 2 aliphatic heterocycles. The Morgan fingerprint density at radius 1 is 1.16 bits per heavy atom. The Balaban J connectivity index is 1.44. The maximum Gasteiger partial charge on any atom is 0.250 e. The van der Waals surface area contributed by atoms with Crippen LogP contribution in [0.4, 0.5) is 4.39 Å². The van der Waals surface area contributed by atoms with Crippen LogP contribution in [-0.2, 0) is 13.1 Å². The van der Waals surface area contributed by atoms with E-state index in [0.29, 0.717) is 18.4 Å². The van der Waals surface area contributed by atoms with Crippen LogP contribution in [0.3, 0.4) is 0 Å². The summed E-state index contributed by atoms with van der Waals surface area (Å²) in [4.78, 5) is 14.3. The highest BCUT2D eigenvalue weighted by Crippen LogP contribution is 2.34. The summed E-state index contributed by atoms with van der Waals surface area (Å²) >= 11 is 5.57. The van der Waals surface area contributed by atoms with Crippen LogP contribution >= 0.6 is 12.2 Å². The molecule has 1 saturated heterocycles. The van der Waals surface area contributed by atoms with Crippen molar-refractivity contribution in [2.75, 3.05) is 13.1 Å². The number of hydrogen-bond donors (Lipinski definition) is 1. The van der Waals surface area contributed by atoms with Crippen molar-refractivity contribution in [1.82, 2.24) is 14.8 Å². The lowest BCUT2D eigenvalue weighted by Gasteiger charge is -2.43. The normalized spacial score (nSPS) is 21.6. The molecule has 6 heteroatoms. The number of halogens is 1. The highest BCUT2D eigenvalue weighted by Gasteiger charge is 2.35. The van der Waals surface area contributed by atoms with E-state index in [2.05, 4.69) is 16.3 Å². The molecule has 4 rings (SSSR count). The maximum absolute atomic E-state index is 13.0. The molecule has 1 aromatic carbocycles. The van der Waals surface area contributed by atoms with Gasteiger partial charge < -0.3 is 14.8 Å². The molecule has 3 heterocycles. The van der Waals surface area contributed by atoms with Crippen LogP contribution < -0.4 is 10.9 Å². The summed E-state index contributed by atoms with van der Waals surface area (Å²) in [7, 11) is 0. The van der Waals surface area contributed by atoms with Gasteiger partial charge in [-0.05, 0) is 48.3 Å². The second kappa shape index (κ2) is 6.59. The van der Waals surface area contributed by atoms with Gasteiger partial charge in [0.25, 0.3) is 5.56 Å².